The lowest BCUT2D eigenvalue weighted by atomic mass is 10.2. The van der Waals surface area contributed by atoms with Crippen LogP contribution in [0.1, 0.15) is 53.8 Å². The fourth-order valence-corrected chi connectivity index (χ4v) is 3.39. The molecule has 0 aliphatic carbocycles. The molecule has 1 N–H and O–H groups in total. The zero-order chi connectivity index (χ0) is 17.6. The third kappa shape index (κ3) is 2.69. The van der Waals surface area contributed by atoms with Gasteiger partial charge in [0.15, 0.2) is 5.89 Å². The Morgan fingerprint density at radius 3 is 3.04 bits per heavy atom. The number of H-pyrrole nitrogens is 1. The minimum atomic E-state index is -0.313. The Kier molecular flexibility index (Phi) is 3.78. The number of halogens is 1. The number of oxazole rings is 1. The van der Waals surface area contributed by atoms with Gasteiger partial charge in [-0.25, -0.2) is 14.4 Å². The first-order valence-electron chi connectivity index (χ1n) is 8.49. The summed E-state index contributed by atoms with van der Waals surface area (Å²) in [4.78, 5) is 26.7. The molecular weight excluding hydrogens is 323 g/mol. The van der Waals surface area contributed by atoms with E-state index in [0.29, 0.717) is 47.2 Å². The van der Waals surface area contributed by atoms with E-state index in [1.165, 1.54) is 12.1 Å². The zero-order valence-electron chi connectivity index (χ0n) is 14.2. The van der Waals surface area contributed by atoms with Crippen LogP contribution >= 0.6 is 0 Å². The van der Waals surface area contributed by atoms with Gasteiger partial charge in [0.2, 0.25) is 5.76 Å². The molecule has 1 saturated heterocycles. The first kappa shape index (κ1) is 15.8. The predicted molar refractivity (Wildman–Crippen MR) is 89.7 cm³/mol. The van der Waals surface area contributed by atoms with Crippen LogP contribution in [0.25, 0.3) is 11.0 Å². The van der Waals surface area contributed by atoms with Crippen LogP contribution < -0.4 is 0 Å². The number of likely N-dealkylation sites (tertiary alicyclic amines) is 1. The molecule has 1 fully saturated rings. The molecule has 3 aromatic rings. The smallest absolute Gasteiger partial charge is 0.292 e. The SMILES string of the molecule is CCc1nc(C)c(C(=O)N2CCCC2c2nc3ccc(F)cc3[nH]2)o1. The Morgan fingerprint density at radius 1 is 1.44 bits per heavy atom. The number of carbonyl (C=O) groups is 1. The first-order valence-corrected chi connectivity index (χ1v) is 8.49. The van der Waals surface area contributed by atoms with Crippen molar-refractivity contribution in [1.82, 2.24) is 19.9 Å². The van der Waals surface area contributed by atoms with E-state index in [2.05, 4.69) is 15.0 Å². The minimum Gasteiger partial charge on any atom is -0.435 e. The number of fused-ring (bicyclic) bond motifs is 1. The number of benzene rings is 1. The second-order valence-corrected chi connectivity index (χ2v) is 6.32. The topological polar surface area (TPSA) is 75.0 Å². The number of carbonyl (C=O) groups excluding carboxylic acids is 1. The third-order valence-electron chi connectivity index (χ3n) is 4.63. The molecule has 4 rings (SSSR count). The van der Waals surface area contributed by atoms with E-state index in [-0.39, 0.29) is 17.8 Å². The highest BCUT2D eigenvalue weighted by Gasteiger charge is 2.35. The fourth-order valence-electron chi connectivity index (χ4n) is 3.39. The second-order valence-electron chi connectivity index (χ2n) is 6.32. The lowest BCUT2D eigenvalue weighted by Gasteiger charge is -2.22. The molecule has 25 heavy (non-hydrogen) atoms. The molecule has 0 saturated carbocycles. The number of hydrogen-bond acceptors (Lipinski definition) is 4. The van der Waals surface area contributed by atoms with Crippen LogP contribution in [0.15, 0.2) is 22.6 Å². The van der Waals surface area contributed by atoms with Gasteiger partial charge < -0.3 is 14.3 Å². The van der Waals surface area contributed by atoms with Crippen molar-refractivity contribution in [3.63, 3.8) is 0 Å². The lowest BCUT2D eigenvalue weighted by molar-refractivity contribution is 0.0695. The van der Waals surface area contributed by atoms with Crippen molar-refractivity contribution in [2.24, 2.45) is 0 Å². The summed E-state index contributed by atoms with van der Waals surface area (Å²) in [6.07, 6.45) is 2.34. The molecule has 3 heterocycles. The highest BCUT2D eigenvalue weighted by atomic mass is 19.1. The normalized spacial score (nSPS) is 17.6. The molecule has 1 unspecified atom stereocenters. The summed E-state index contributed by atoms with van der Waals surface area (Å²) in [6.45, 7) is 4.35. The number of nitrogens with one attached hydrogen (secondary N) is 1. The molecule has 7 heteroatoms. The second kappa shape index (κ2) is 5.98. The van der Waals surface area contributed by atoms with E-state index >= 15 is 0 Å². The van der Waals surface area contributed by atoms with E-state index in [1.807, 2.05) is 6.92 Å². The van der Waals surface area contributed by atoms with Gasteiger partial charge in [0.1, 0.15) is 11.6 Å². The van der Waals surface area contributed by atoms with Crippen LogP contribution in [0, 0.1) is 12.7 Å². The maximum atomic E-state index is 13.4. The Labute approximate surface area is 144 Å². The minimum absolute atomic E-state index is 0.168. The molecule has 1 aromatic carbocycles. The van der Waals surface area contributed by atoms with Gasteiger partial charge in [0, 0.05) is 13.0 Å². The van der Waals surface area contributed by atoms with Crippen molar-refractivity contribution in [1.29, 1.82) is 0 Å². The molecular formula is C18H19FN4O2. The number of aryl methyl sites for hydroxylation is 2. The van der Waals surface area contributed by atoms with Gasteiger partial charge in [-0.3, -0.25) is 4.79 Å². The Morgan fingerprint density at radius 2 is 2.28 bits per heavy atom. The van der Waals surface area contributed by atoms with E-state index in [9.17, 15) is 9.18 Å². The zero-order valence-corrected chi connectivity index (χ0v) is 14.2. The van der Waals surface area contributed by atoms with E-state index in [4.69, 9.17) is 4.42 Å². The highest BCUT2D eigenvalue weighted by molar-refractivity contribution is 5.93. The van der Waals surface area contributed by atoms with Crippen LogP contribution in [0.4, 0.5) is 4.39 Å². The Hall–Kier alpha value is -2.70. The van der Waals surface area contributed by atoms with E-state index in [1.54, 1.807) is 17.9 Å². The predicted octanol–water partition coefficient (Wildman–Crippen LogP) is 3.54. The fraction of sp³-hybridized carbons (Fsp3) is 0.389. The van der Waals surface area contributed by atoms with Crippen molar-refractivity contribution in [2.75, 3.05) is 6.54 Å². The lowest BCUT2D eigenvalue weighted by Crippen LogP contribution is -2.31. The van der Waals surface area contributed by atoms with Gasteiger partial charge in [-0.15, -0.1) is 0 Å². The van der Waals surface area contributed by atoms with E-state index in [0.717, 1.165) is 12.8 Å². The number of imidazole rings is 1. The molecule has 0 radical (unpaired) electrons. The Bertz CT molecular complexity index is 946. The van der Waals surface area contributed by atoms with Crippen LogP contribution in [-0.4, -0.2) is 32.3 Å². The van der Waals surface area contributed by atoms with Crippen LogP contribution in [-0.2, 0) is 6.42 Å². The van der Waals surface area contributed by atoms with Gasteiger partial charge in [-0.2, -0.15) is 0 Å². The summed E-state index contributed by atoms with van der Waals surface area (Å²) >= 11 is 0. The molecule has 0 spiro atoms. The van der Waals surface area contributed by atoms with Gasteiger partial charge in [0.05, 0.1) is 22.8 Å². The monoisotopic (exact) mass is 342 g/mol. The molecule has 6 nitrogen and oxygen atoms in total. The number of hydrogen-bond donors (Lipinski definition) is 1. The van der Waals surface area contributed by atoms with Gasteiger partial charge in [-0.1, -0.05) is 6.92 Å². The molecule has 1 aliphatic heterocycles. The van der Waals surface area contributed by atoms with Crippen LogP contribution in [0.2, 0.25) is 0 Å². The standard InChI is InChI=1S/C18H19FN4O2/c1-3-15-20-10(2)16(25-15)18(24)23-8-4-5-14(23)17-21-12-7-6-11(19)9-13(12)22-17/h6-7,9,14H,3-5,8H2,1-2H3,(H,21,22). The summed E-state index contributed by atoms with van der Waals surface area (Å²) in [6, 6.07) is 4.27. The van der Waals surface area contributed by atoms with Gasteiger partial charge in [-0.05, 0) is 38.0 Å². The summed E-state index contributed by atoms with van der Waals surface area (Å²) in [5.74, 6) is 1.06. The van der Waals surface area contributed by atoms with Crippen molar-refractivity contribution >= 4 is 16.9 Å². The van der Waals surface area contributed by atoms with Gasteiger partial charge >= 0.3 is 0 Å². The summed E-state index contributed by atoms with van der Waals surface area (Å²) in [5.41, 5.74) is 1.94. The van der Waals surface area contributed by atoms with Crippen molar-refractivity contribution in [3.05, 3.63) is 47.2 Å². The molecule has 1 aliphatic rings. The summed E-state index contributed by atoms with van der Waals surface area (Å²) in [5, 5.41) is 0. The van der Waals surface area contributed by atoms with Crippen molar-refractivity contribution in [3.8, 4) is 0 Å². The third-order valence-corrected chi connectivity index (χ3v) is 4.63. The maximum Gasteiger partial charge on any atom is 0.292 e. The van der Waals surface area contributed by atoms with Crippen molar-refractivity contribution in [2.45, 2.75) is 39.2 Å². The molecule has 2 aromatic heterocycles. The largest absolute Gasteiger partial charge is 0.435 e. The van der Waals surface area contributed by atoms with Crippen molar-refractivity contribution < 1.29 is 13.6 Å². The highest BCUT2D eigenvalue weighted by Crippen LogP contribution is 2.33. The molecule has 0 bridgehead atoms. The number of rotatable bonds is 3. The average molecular weight is 342 g/mol. The summed E-state index contributed by atoms with van der Waals surface area (Å²) < 4.78 is 19.0. The van der Waals surface area contributed by atoms with Gasteiger partial charge in [0.25, 0.3) is 5.91 Å². The van der Waals surface area contributed by atoms with Crippen LogP contribution in [0.3, 0.4) is 0 Å². The van der Waals surface area contributed by atoms with E-state index < -0.39 is 0 Å². The summed E-state index contributed by atoms with van der Waals surface area (Å²) in [7, 11) is 0. The van der Waals surface area contributed by atoms with Crippen LogP contribution in [0.5, 0.6) is 0 Å². The molecule has 1 atom stereocenters. The first-order chi connectivity index (χ1) is 12.1. The quantitative estimate of drug-likeness (QED) is 0.790. The number of nitrogens with zero attached hydrogens (tertiary/aromatic N) is 3. The average Bonchev–Trinajstić information content (AvgIpc) is 3.30. The molecule has 130 valence electrons. The number of amides is 1. The number of aromatic amines is 1. The maximum absolute atomic E-state index is 13.4. The molecule has 1 amide bonds. The number of aromatic nitrogens is 3. The Balaban J connectivity index is 1.67.